The minimum absolute atomic E-state index is 0.332. The van der Waals surface area contributed by atoms with Gasteiger partial charge in [-0.1, -0.05) is 30.3 Å². The van der Waals surface area contributed by atoms with Crippen LogP contribution in [0.5, 0.6) is 17.2 Å². The second-order valence-corrected chi connectivity index (χ2v) is 6.24. The Labute approximate surface area is 170 Å². The number of methoxy groups -OCH3 is 3. The van der Waals surface area contributed by atoms with Crippen LogP contribution in [-0.2, 0) is 14.3 Å². The van der Waals surface area contributed by atoms with Crippen molar-refractivity contribution in [3.05, 3.63) is 59.7 Å². The Hall–Kier alpha value is -3.48. The minimum Gasteiger partial charge on any atom is -0.496 e. The van der Waals surface area contributed by atoms with Crippen molar-refractivity contribution in [1.82, 2.24) is 4.90 Å². The lowest BCUT2D eigenvalue weighted by Crippen LogP contribution is -2.30. The number of benzene rings is 2. The third kappa shape index (κ3) is 5.51. The molecule has 0 radical (unpaired) electrons. The predicted octanol–water partition coefficient (Wildman–Crippen LogP) is 3.10. The summed E-state index contributed by atoms with van der Waals surface area (Å²) in [5.74, 6) is 0.499. The van der Waals surface area contributed by atoms with Gasteiger partial charge >= 0.3 is 5.97 Å². The van der Waals surface area contributed by atoms with Crippen LogP contribution in [-0.4, -0.2) is 52.2 Å². The Bertz CT molecular complexity index is 876. The second-order valence-electron chi connectivity index (χ2n) is 6.24. The van der Waals surface area contributed by atoms with Gasteiger partial charge in [-0.15, -0.1) is 0 Å². The summed E-state index contributed by atoms with van der Waals surface area (Å²) in [5, 5.41) is 0. The van der Waals surface area contributed by atoms with Crippen LogP contribution in [0.25, 0.3) is 6.08 Å². The summed E-state index contributed by atoms with van der Waals surface area (Å²) in [7, 11) is 7.77. The molecule has 1 amide bonds. The summed E-state index contributed by atoms with van der Waals surface area (Å²) in [6, 6.07) is 12.2. The fourth-order valence-corrected chi connectivity index (χ4v) is 2.62. The number of nitrogens with zero attached hydrogens (tertiary/aromatic N) is 1. The van der Waals surface area contributed by atoms with Crippen molar-refractivity contribution in [2.24, 2.45) is 0 Å². The monoisotopic (exact) mass is 399 g/mol. The molecule has 0 aromatic heterocycles. The zero-order chi connectivity index (χ0) is 21.4. The average molecular weight is 399 g/mol. The lowest BCUT2D eigenvalue weighted by atomic mass is 10.1. The number of carbonyl (C=O) groups excluding carboxylic acids is 2. The maximum Gasteiger partial charge on any atom is 0.331 e. The van der Waals surface area contributed by atoms with Gasteiger partial charge in [-0.05, 0) is 12.1 Å². The van der Waals surface area contributed by atoms with Gasteiger partial charge in [-0.2, -0.15) is 0 Å². The number of hydrogen-bond donors (Lipinski definition) is 0. The van der Waals surface area contributed by atoms with Gasteiger partial charge < -0.3 is 23.8 Å². The molecule has 2 aromatic carbocycles. The summed E-state index contributed by atoms with van der Waals surface area (Å²) in [6.07, 6.45) is 1.74. The molecule has 0 bridgehead atoms. The van der Waals surface area contributed by atoms with Crippen LogP contribution in [0.3, 0.4) is 0 Å². The Morgan fingerprint density at radius 2 is 1.48 bits per heavy atom. The van der Waals surface area contributed by atoms with Gasteiger partial charge in [0, 0.05) is 37.4 Å². The maximum atomic E-state index is 12.5. The number of carbonyl (C=O) groups is 2. The van der Waals surface area contributed by atoms with Crippen LogP contribution in [0.15, 0.2) is 48.5 Å². The van der Waals surface area contributed by atoms with E-state index < -0.39 is 12.1 Å². The number of likely N-dealkylation sites (N-methyl/N-ethyl adjacent to an activating group) is 1. The smallest absolute Gasteiger partial charge is 0.331 e. The highest BCUT2D eigenvalue weighted by Gasteiger charge is 2.25. The molecule has 0 heterocycles. The van der Waals surface area contributed by atoms with E-state index in [1.54, 1.807) is 50.5 Å². The Morgan fingerprint density at radius 3 is 2.03 bits per heavy atom. The number of ether oxygens (including phenoxy) is 4. The molecule has 0 saturated heterocycles. The van der Waals surface area contributed by atoms with Gasteiger partial charge in [0.2, 0.25) is 6.10 Å². The van der Waals surface area contributed by atoms with Gasteiger partial charge in [0.25, 0.3) is 5.91 Å². The predicted molar refractivity (Wildman–Crippen MR) is 109 cm³/mol. The van der Waals surface area contributed by atoms with Gasteiger partial charge in [-0.25, -0.2) is 4.79 Å². The summed E-state index contributed by atoms with van der Waals surface area (Å²) in [6.45, 7) is 0. The standard InChI is InChI=1S/C22H25NO6/c1-23(2)22(25)21(15-9-7-6-8-10-15)29-20(24)12-11-16-13-18(27-4)19(28-5)14-17(16)26-3/h6-14,21H,1-5H3/b12-11+/t21-/m0/s1. The number of rotatable bonds is 8. The zero-order valence-electron chi connectivity index (χ0n) is 17.2. The molecule has 7 nitrogen and oxygen atoms in total. The molecule has 0 unspecified atom stereocenters. The van der Waals surface area contributed by atoms with Gasteiger partial charge in [0.15, 0.2) is 11.5 Å². The van der Waals surface area contributed by atoms with Crippen molar-refractivity contribution in [2.45, 2.75) is 6.10 Å². The van der Waals surface area contributed by atoms with E-state index >= 15 is 0 Å². The summed E-state index contributed by atoms with van der Waals surface area (Å²) in [4.78, 5) is 26.3. The topological polar surface area (TPSA) is 74.3 Å². The molecule has 0 N–H and O–H groups in total. The molecule has 29 heavy (non-hydrogen) atoms. The Morgan fingerprint density at radius 1 is 0.897 bits per heavy atom. The molecular weight excluding hydrogens is 374 g/mol. The van der Waals surface area contributed by atoms with Crippen LogP contribution in [0, 0.1) is 0 Å². The maximum absolute atomic E-state index is 12.5. The molecule has 2 rings (SSSR count). The molecule has 1 atom stereocenters. The zero-order valence-corrected chi connectivity index (χ0v) is 17.2. The van der Waals surface area contributed by atoms with Crippen molar-refractivity contribution in [3.63, 3.8) is 0 Å². The normalized spacial score (nSPS) is 11.6. The number of hydrogen-bond acceptors (Lipinski definition) is 6. The summed E-state index contributed by atoms with van der Waals surface area (Å²) < 4.78 is 21.3. The second kappa shape index (κ2) is 10.2. The van der Waals surface area contributed by atoms with E-state index in [1.165, 1.54) is 38.4 Å². The van der Waals surface area contributed by atoms with Crippen LogP contribution in [0.1, 0.15) is 17.2 Å². The largest absolute Gasteiger partial charge is 0.496 e. The molecule has 2 aromatic rings. The molecule has 0 fully saturated rings. The fraction of sp³-hybridized carbons (Fsp3) is 0.273. The lowest BCUT2D eigenvalue weighted by Gasteiger charge is -2.20. The van der Waals surface area contributed by atoms with E-state index in [0.29, 0.717) is 28.4 Å². The first kappa shape index (κ1) is 21.8. The van der Waals surface area contributed by atoms with E-state index in [9.17, 15) is 9.59 Å². The first-order valence-electron chi connectivity index (χ1n) is 8.86. The van der Waals surface area contributed by atoms with E-state index in [4.69, 9.17) is 18.9 Å². The molecule has 0 aliphatic carbocycles. The quantitative estimate of drug-likeness (QED) is 0.502. The molecule has 0 saturated carbocycles. The van der Waals surface area contributed by atoms with E-state index in [0.717, 1.165) is 0 Å². The van der Waals surface area contributed by atoms with Crippen molar-refractivity contribution < 1.29 is 28.5 Å². The van der Waals surface area contributed by atoms with Crippen molar-refractivity contribution >= 4 is 18.0 Å². The lowest BCUT2D eigenvalue weighted by molar-refractivity contribution is -0.155. The van der Waals surface area contributed by atoms with Crippen LogP contribution < -0.4 is 14.2 Å². The van der Waals surface area contributed by atoms with Crippen molar-refractivity contribution in [2.75, 3.05) is 35.4 Å². The third-order valence-corrected chi connectivity index (χ3v) is 4.14. The fourth-order valence-electron chi connectivity index (χ4n) is 2.62. The highest BCUT2D eigenvalue weighted by Crippen LogP contribution is 2.35. The number of esters is 1. The van der Waals surface area contributed by atoms with Gasteiger partial charge in [0.05, 0.1) is 21.3 Å². The summed E-state index contributed by atoms with van der Waals surface area (Å²) >= 11 is 0. The molecule has 7 heteroatoms. The van der Waals surface area contributed by atoms with Crippen LogP contribution >= 0.6 is 0 Å². The van der Waals surface area contributed by atoms with Crippen molar-refractivity contribution in [1.29, 1.82) is 0 Å². The van der Waals surface area contributed by atoms with Crippen molar-refractivity contribution in [3.8, 4) is 17.2 Å². The third-order valence-electron chi connectivity index (χ3n) is 4.14. The van der Waals surface area contributed by atoms with E-state index in [1.807, 2.05) is 6.07 Å². The Balaban J connectivity index is 2.26. The first-order chi connectivity index (χ1) is 13.9. The van der Waals surface area contributed by atoms with Gasteiger partial charge in [0.1, 0.15) is 5.75 Å². The van der Waals surface area contributed by atoms with Crippen LogP contribution in [0.2, 0.25) is 0 Å². The number of amides is 1. The average Bonchev–Trinajstić information content (AvgIpc) is 2.75. The summed E-state index contributed by atoms with van der Waals surface area (Å²) in [5.41, 5.74) is 1.19. The highest BCUT2D eigenvalue weighted by atomic mass is 16.5. The molecule has 0 aliphatic heterocycles. The molecule has 154 valence electrons. The highest BCUT2D eigenvalue weighted by molar-refractivity contribution is 5.91. The Kier molecular flexibility index (Phi) is 7.65. The molecule has 0 aliphatic rings. The van der Waals surface area contributed by atoms with E-state index in [-0.39, 0.29) is 5.91 Å². The SMILES string of the molecule is COc1cc(OC)c(OC)cc1/C=C/C(=O)O[C@H](C(=O)N(C)C)c1ccccc1. The minimum atomic E-state index is -1.03. The van der Waals surface area contributed by atoms with Crippen LogP contribution in [0.4, 0.5) is 0 Å². The first-order valence-corrected chi connectivity index (χ1v) is 8.86. The molecule has 0 spiro atoms. The van der Waals surface area contributed by atoms with E-state index in [2.05, 4.69) is 0 Å². The van der Waals surface area contributed by atoms with Gasteiger partial charge in [-0.3, -0.25) is 4.79 Å². The molecular formula is C22H25NO6.